The van der Waals surface area contributed by atoms with Gasteiger partial charge in [0, 0.05) is 4.43 Å². The van der Waals surface area contributed by atoms with Gasteiger partial charge in [-0.15, -0.1) is 0 Å². The summed E-state index contributed by atoms with van der Waals surface area (Å²) in [5.74, 6) is 0. The first-order valence-corrected chi connectivity index (χ1v) is 6.29. The number of halogens is 2. The van der Waals surface area contributed by atoms with Gasteiger partial charge in [0.2, 0.25) is 0 Å². The summed E-state index contributed by atoms with van der Waals surface area (Å²) in [7, 11) is 0. The Morgan fingerprint density at radius 3 is 2.11 bits per heavy atom. The molecule has 0 saturated carbocycles. The van der Waals surface area contributed by atoms with Gasteiger partial charge in [0.05, 0.1) is 0 Å². The fraction of sp³-hybridized carbons (Fsp3) is 1.00. The van der Waals surface area contributed by atoms with Crippen LogP contribution in [0.5, 0.6) is 0 Å². The molecule has 0 aliphatic heterocycles. The summed E-state index contributed by atoms with van der Waals surface area (Å²) in [6.07, 6.45) is 2.75. The summed E-state index contributed by atoms with van der Waals surface area (Å²) in [4.78, 5) is 0. The Labute approximate surface area is 85.5 Å². The number of rotatable bonds is 4. The van der Waals surface area contributed by atoms with E-state index in [9.17, 15) is 0 Å². The zero-order valence-corrected chi connectivity index (χ0v) is 10.4. The normalized spacial score (nSPS) is 12.0. The minimum atomic E-state index is 0.575. The lowest BCUT2D eigenvalue weighted by Crippen LogP contribution is -2.12. The van der Waals surface area contributed by atoms with E-state index in [-0.39, 0.29) is 0 Å². The van der Waals surface area contributed by atoms with Crippen LogP contribution in [-0.2, 0) is 0 Å². The van der Waals surface area contributed by atoms with Crippen molar-refractivity contribution in [2.45, 2.75) is 26.7 Å². The zero-order valence-electron chi connectivity index (χ0n) is 6.08. The lowest BCUT2D eigenvalue weighted by Gasteiger charge is -2.20. The molecule has 56 valence electrons. The monoisotopic (exact) mass is 352 g/mol. The molecule has 0 aliphatic carbocycles. The summed E-state index contributed by atoms with van der Waals surface area (Å²) in [6, 6.07) is 0. The van der Waals surface area contributed by atoms with Crippen molar-refractivity contribution >= 4 is 45.2 Å². The molecule has 0 aromatic carbocycles. The molecule has 0 nitrogen and oxygen atoms in total. The average Bonchev–Trinajstić information content (AvgIpc) is 1.84. The summed E-state index contributed by atoms with van der Waals surface area (Å²) in [6.45, 7) is 4.68. The Bertz CT molecular complexity index is 69.3. The minimum Gasteiger partial charge on any atom is -0.0864 e. The second-order valence-electron chi connectivity index (χ2n) is 3.09. The Balaban J connectivity index is 3.33. The maximum absolute atomic E-state index is 2.47. The SMILES string of the molecule is CC(C)(CI)CCCI. The third-order valence-corrected chi connectivity index (χ3v) is 4.18. The number of hydrogen-bond acceptors (Lipinski definition) is 0. The van der Waals surface area contributed by atoms with Crippen LogP contribution in [0.1, 0.15) is 26.7 Å². The summed E-state index contributed by atoms with van der Waals surface area (Å²) in [5.41, 5.74) is 0.575. The van der Waals surface area contributed by atoms with Crippen LogP contribution in [0.3, 0.4) is 0 Å². The summed E-state index contributed by atoms with van der Waals surface area (Å²) < 4.78 is 2.58. The lowest BCUT2D eigenvalue weighted by molar-refractivity contribution is 0.392. The van der Waals surface area contributed by atoms with Crippen LogP contribution in [-0.4, -0.2) is 8.86 Å². The first kappa shape index (κ1) is 10.5. The van der Waals surface area contributed by atoms with Gasteiger partial charge in [-0.05, 0) is 22.7 Å². The Kier molecular flexibility index (Phi) is 5.99. The summed E-state index contributed by atoms with van der Waals surface area (Å²) in [5, 5.41) is 0. The predicted molar refractivity (Wildman–Crippen MR) is 60.8 cm³/mol. The highest BCUT2D eigenvalue weighted by Crippen LogP contribution is 2.24. The van der Waals surface area contributed by atoms with Crippen molar-refractivity contribution in [1.29, 1.82) is 0 Å². The highest BCUT2D eigenvalue weighted by molar-refractivity contribution is 14.1. The molecule has 0 amide bonds. The molecule has 0 fully saturated rings. The van der Waals surface area contributed by atoms with E-state index in [4.69, 9.17) is 0 Å². The molecule has 0 aliphatic rings. The molecule has 2 heteroatoms. The fourth-order valence-electron chi connectivity index (χ4n) is 0.612. The fourth-order valence-corrected chi connectivity index (χ4v) is 1.37. The van der Waals surface area contributed by atoms with Crippen molar-refractivity contribution in [3.8, 4) is 0 Å². The molecule has 0 heterocycles. The van der Waals surface area contributed by atoms with Gasteiger partial charge in [-0.2, -0.15) is 0 Å². The molecule has 0 spiro atoms. The maximum Gasteiger partial charge on any atom is 0.00467 e. The van der Waals surface area contributed by atoms with E-state index >= 15 is 0 Å². The van der Waals surface area contributed by atoms with E-state index in [1.54, 1.807) is 0 Å². The van der Waals surface area contributed by atoms with Crippen LogP contribution in [0.2, 0.25) is 0 Å². The molecule has 9 heavy (non-hydrogen) atoms. The van der Waals surface area contributed by atoms with E-state index in [0.29, 0.717) is 5.41 Å². The summed E-state index contributed by atoms with van der Waals surface area (Å²) >= 11 is 4.91. The van der Waals surface area contributed by atoms with Crippen molar-refractivity contribution < 1.29 is 0 Å². The van der Waals surface area contributed by atoms with Crippen molar-refractivity contribution in [3.05, 3.63) is 0 Å². The van der Waals surface area contributed by atoms with Gasteiger partial charge in [0.15, 0.2) is 0 Å². The quantitative estimate of drug-likeness (QED) is 0.535. The average molecular weight is 352 g/mol. The van der Waals surface area contributed by atoms with Gasteiger partial charge < -0.3 is 0 Å². The van der Waals surface area contributed by atoms with Crippen molar-refractivity contribution in [3.63, 3.8) is 0 Å². The molecule has 0 atom stereocenters. The smallest absolute Gasteiger partial charge is 0.00467 e. The van der Waals surface area contributed by atoms with Crippen molar-refractivity contribution in [2.24, 2.45) is 5.41 Å². The Morgan fingerprint density at radius 2 is 1.78 bits per heavy atom. The zero-order chi connectivity index (χ0) is 7.33. The Hall–Kier alpha value is 1.46. The van der Waals surface area contributed by atoms with Gasteiger partial charge in [-0.25, -0.2) is 0 Å². The molecule has 0 rings (SSSR count). The highest BCUT2D eigenvalue weighted by atomic mass is 127. The van der Waals surface area contributed by atoms with Crippen LogP contribution in [0.25, 0.3) is 0 Å². The molecule has 0 saturated heterocycles. The van der Waals surface area contributed by atoms with E-state index in [1.165, 1.54) is 21.7 Å². The van der Waals surface area contributed by atoms with Crippen LogP contribution in [0.4, 0.5) is 0 Å². The standard InChI is InChI=1S/C7H14I2/c1-7(2,6-9)4-3-5-8/h3-6H2,1-2H3. The third-order valence-electron chi connectivity index (χ3n) is 1.35. The van der Waals surface area contributed by atoms with Crippen LogP contribution >= 0.6 is 45.2 Å². The molecule has 0 aromatic rings. The van der Waals surface area contributed by atoms with Crippen LogP contribution in [0.15, 0.2) is 0 Å². The lowest BCUT2D eigenvalue weighted by atomic mass is 9.91. The molecular weight excluding hydrogens is 338 g/mol. The van der Waals surface area contributed by atoms with Gasteiger partial charge in [0.25, 0.3) is 0 Å². The minimum absolute atomic E-state index is 0.575. The first-order chi connectivity index (χ1) is 4.12. The van der Waals surface area contributed by atoms with Crippen LogP contribution in [0, 0.1) is 5.41 Å². The van der Waals surface area contributed by atoms with Crippen LogP contribution < -0.4 is 0 Å². The van der Waals surface area contributed by atoms with Gasteiger partial charge in [0.1, 0.15) is 0 Å². The first-order valence-electron chi connectivity index (χ1n) is 3.24. The van der Waals surface area contributed by atoms with Gasteiger partial charge in [-0.3, -0.25) is 0 Å². The van der Waals surface area contributed by atoms with E-state index in [2.05, 4.69) is 59.0 Å². The molecule has 0 unspecified atom stereocenters. The number of alkyl halides is 2. The van der Waals surface area contributed by atoms with Gasteiger partial charge in [-0.1, -0.05) is 59.0 Å². The van der Waals surface area contributed by atoms with E-state index in [1.807, 2.05) is 0 Å². The topological polar surface area (TPSA) is 0 Å². The highest BCUT2D eigenvalue weighted by Gasteiger charge is 2.13. The Morgan fingerprint density at radius 1 is 1.22 bits per heavy atom. The third kappa shape index (κ3) is 5.88. The molecule has 0 bridgehead atoms. The van der Waals surface area contributed by atoms with E-state index < -0.39 is 0 Å². The van der Waals surface area contributed by atoms with Crippen molar-refractivity contribution in [1.82, 2.24) is 0 Å². The van der Waals surface area contributed by atoms with Crippen molar-refractivity contribution in [2.75, 3.05) is 8.86 Å². The number of hydrogen-bond donors (Lipinski definition) is 0. The molecule has 0 radical (unpaired) electrons. The predicted octanol–water partition coefficient (Wildman–Crippen LogP) is 3.66. The maximum atomic E-state index is 2.47. The molecule has 0 aromatic heterocycles. The second-order valence-corrected chi connectivity index (χ2v) is 4.93. The molecule has 0 N–H and O–H groups in total. The van der Waals surface area contributed by atoms with E-state index in [0.717, 1.165) is 0 Å². The van der Waals surface area contributed by atoms with Gasteiger partial charge >= 0.3 is 0 Å². The second kappa shape index (κ2) is 5.16. The molecular formula is C7H14I2. The largest absolute Gasteiger partial charge is 0.0864 e.